The van der Waals surface area contributed by atoms with Gasteiger partial charge in [-0.25, -0.2) is 4.98 Å². The molecule has 0 spiro atoms. The van der Waals surface area contributed by atoms with Gasteiger partial charge in [0, 0.05) is 5.39 Å². The molecule has 0 saturated heterocycles. The molecule has 1 aromatic carbocycles. The van der Waals surface area contributed by atoms with Crippen LogP contribution in [0.25, 0.3) is 10.9 Å². The Hall–Kier alpha value is -1.58. The lowest BCUT2D eigenvalue weighted by Crippen LogP contribution is -2.04. The van der Waals surface area contributed by atoms with Crippen molar-refractivity contribution < 1.29 is 13.2 Å². The van der Waals surface area contributed by atoms with E-state index < -0.39 is 11.7 Å². The third kappa shape index (κ3) is 1.55. The lowest BCUT2D eigenvalue weighted by molar-refractivity contribution is -0.137. The van der Waals surface area contributed by atoms with E-state index in [1.165, 1.54) is 12.1 Å². The van der Waals surface area contributed by atoms with Crippen LogP contribution in [0.15, 0.2) is 30.3 Å². The highest BCUT2D eigenvalue weighted by atomic mass is 19.4. The summed E-state index contributed by atoms with van der Waals surface area (Å²) in [7, 11) is 0. The van der Waals surface area contributed by atoms with Crippen LogP contribution in [0.1, 0.15) is 5.56 Å². The van der Waals surface area contributed by atoms with E-state index in [9.17, 15) is 13.2 Å². The van der Waals surface area contributed by atoms with Crippen LogP contribution in [-0.4, -0.2) is 4.98 Å². The number of hydrogen-bond acceptors (Lipinski definition) is 1. The van der Waals surface area contributed by atoms with Crippen LogP contribution in [0.4, 0.5) is 13.2 Å². The molecule has 0 saturated carbocycles. The Morgan fingerprint density at radius 1 is 1.14 bits per heavy atom. The summed E-state index contributed by atoms with van der Waals surface area (Å²) in [6.45, 7) is 0. The van der Waals surface area contributed by atoms with Gasteiger partial charge < -0.3 is 0 Å². The summed E-state index contributed by atoms with van der Waals surface area (Å²) in [4.78, 5) is 3.81. The molecule has 0 amide bonds. The highest BCUT2D eigenvalue weighted by molar-refractivity contribution is 5.78. The van der Waals surface area contributed by atoms with Crippen LogP contribution in [0.3, 0.4) is 0 Å². The summed E-state index contributed by atoms with van der Waals surface area (Å²) in [6.07, 6.45) is -1.74. The maximum atomic E-state index is 12.3. The van der Waals surface area contributed by atoms with Crippen LogP contribution in [0.5, 0.6) is 0 Å². The summed E-state index contributed by atoms with van der Waals surface area (Å²) < 4.78 is 36.9. The molecule has 71 valence electrons. The molecule has 1 heterocycles. The van der Waals surface area contributed by atoms with Gasteiger partial charge in [-0.1, -0.05) is 6.07 Å². The van der Waals surface area contributed by atoms with Gasteiger partial charge in [-0.2, -0.15) is 13.2 Å². The van der Waals surface area contributed by atoms with Crippen molar-refractivity contribution in [2.24, 2.45) is 0 Å². The topological polar surface area (TPSA) is 12.9 Å². The summed E-state index contributed by atoms with van der Waals surface area (Å²) in [6, 6.07) is 6.48. The molecule has 0 aliphatic rings. The number of fused-ring (bicyclic) bond motifs is 1. The Morgan fingerprint density at radius 2 is 1.93 bits per heavy atom. The van der Waals surface area contributed by atoms with Crippen molar-refractivity contribution in [2.45, 2.75) is 6.18 Å². The van der Waals surface area contributed by atoms with E-state index in [-0.39, 0.29) is 0 Å². The number of hydrogen-bond donors (Lipinski definition) is 0. The standard InChI is InChI=1S/C10H5F3N/c11-10(12,13)8-3-4-9-7(6-8)2-1-5-14-9/h1-4,6H. The molecule has 0 aliphatic carbocycles. The van der Waals surface area contributed by atoms with Crippen molar-refractivity contribution in [1.82, 2.24) is 4.98 Å². The second-order valence-corrected chi connectivity index (χ2v) is 2.85. The number of rotatable bonds is 0. The van der Waals surface area contributed by atoms with Gasteiger partial charge in [0.2, 0.25) is 0 Å². The lowest BCUT2D eigenvalue weighted by atomic mass is 10.1. The second kappa shape index (κ2) is 2.97. The third-order valence-electron chi connectivity index (χ3n) is 1.88. The van der Waals surface area contributed by atoms with Gasteiger partial charge in [0.1, 0.15) is 0 Å². The molecule has 2 rings (SSSR count). The van der Waals surface area contributed by atoms with E-state index in [2.05, 4.69) is 11.2 Å². The fraction of sp³-hybridized carbons (Fsp3) is 0.100. The van der Waals surface area contributed by atoms with Crippen molar-refractivity contribution >= 4 is 10.9 Å². The average Bonchev–Trinajstić information content (AvgIpc) is 2.16. The molecular formula is C10H5F3N. The van der Waals surface area contributed by atoms with Crippen LogP contribution >= 0.6 is 0 Å². The molecule has 1 radical (unpaired) electrons. The van der Waals surface area contributed by atoms with E-state index in [1.807, 2.05) is 0 Å². The summed E-state index contributed by atoms with van der Waals surface area (Å²) in [5.41, 5.74) is -0.140. The number of aromatic nitrogens is 1. The van der Waals surface area contributed by atoms with Crippen LogP contribution in [0, 0.1) is 6.20 Å². The quantitative estimate of drug-likeness (QED) is 0.631. The molecule has 1 aromatic heterocycles. The maximum absolute atomic E-state index is 12.3. The van der Waals surface area contributed by atoms with Crippen LogP contribution < -0.4 is 0 Å². The van der Waals surface area contributed by atoms with E-state index in [4.69, 9.17) is 0 Å². The van der Waals surface area contributed by atoms with Gasteiger partial charge in [0.15, 0.2) is 0 Å². The average molecular weight is 196 g/mol. The minimum atomic E-state index is -4.30. The highest BCUT2D eigenvalue weighted by Crippen LogP contribution is 2.30. The zero-order chi connectivity index (χ0) is 10.2. The van der Waals surface area contributed by atoms with Crippen molar-refractivity contribution in [3.63, 3.8) is 0 Å². The van der Waals surface area contributed by atoms with Crippen molar-refractivity contribution in [1.29, 1.82) is 0 Å². The molecule has 1 nitrogen and oxygen atoms in total. The third-order valence-corrected chi connectivity index (χ3v) is 1.88. The Labute approximate surface area is 78.2 Å². The van der Waals surface area contributed by atoms with Gasteiger partial charge in [-0.15, -0.1) is 0 Å². The van der Waals surface area contributed by atoms with E-state index in [0.717, 1.165) is 12.1 Å². The molecule has 14 heavy (non-hydrogen) atoms. The summed E-state index contributed by atoms with van der Waals surface area (Å²) in [5, 5.41) is 0.471. The molecule has 0 fully saturated rings. The van der Waals surface area contributed by atoms with Crippen LogP contribution in [-0.2, 0) is 6.18 Å². The Kier molecular flexibility index (Phi) is 1.91. The van der Waals surface area contributed by atoms with E-state index in [0.29, 0.717) is 10.9 Å². The molecule has 4 heteroatoms. The molecule has 0 bridgehead atoms. The monoisotopic (exact) mass is 196 g/mol. The van der Waals surface area contributed by atoms with Gasteiger partial charge in [0.25, 0.3) is 0 Å². The number of halogens is 3. The van der Waals surface area contributed by atoms with E-state index >= 15 is 0 Å². The minimum absolute atomic E-state index is 0.471. The first kappa shape index (κ1) is 8.99. The number of alkyl halides is 3. The zero-order valence-electron chi connectivity index (χ0n) is 6.97. The van der Waals surface area contributed by atoms with Gasteiger partial charge >= 0.3 is 6.18 Å². The largest absolute Gasteiger partial charge is 0.416 e. The number of benzene rings is 1. The molecule has 0 atom stereocenters. The maximum Gasteiger partial charge on any atom is 0.416 e. The van der Waals surface area contributed by atoms with Crippen molar-refractivity contribution in [2.75, 3.05) is 0 Å². The van der Waals surface area contributed by atoms with Crippen molar-refractivity contribution in [3.8, 4) is 0 Å². The SMILES string of the molecule is FC(F)(F)c1ccc2n[c]ccc2c1. The van der Waals surface area contributed by atoms with Gasteiger partial charge in [-0.05, 0) is 24.3 Å². The predicted octanol–water partition coefficient (Wildman–Crippen LogP) is 3.05. The van der Waals surface area contributed by atoms with Crippen molar-refractivity contribution in [3.05, 3.63) is 42.1 Å². The second-order valence-electron chi connectivity index (χ2n) is 2.85. The molecule has 0 unspecified atom stereocenters. The van der Waals surface area contributed by atoms with Crippen LogP contribution in [0.2, 0.25) is 0 Å². The fourth-order valence-corrected chi connectivity index (χ4v) is 1.20. The van der Waals surface area contributed by atoms with Gasteiger partial charge in [-0.3, -0.25) is 0 Å². The summed E-state index contributed by atoms with van der Waals surface area (Å²) >= 11 is 0. The molecule has 0 N–H and O–H groups in total. The molecule has 2 aromatic rings. The lowest BCUT2D eigenvalue weighted by Gasteiger charge is -2.06. The number of pyridine rings is 1. The first-order valence-corrected chi connectivity index (χ1v) is 3.91. The minimum Gasteiger partial charge on any atom is -0.246 e. The highest BCUT2D eigenvalue weighted by Gasteiger charge is 2.30. The first-order valence-electron chi connectivity index (χ1n) is 3.91. The number of nitrogens with zero attached hydrogens (tertiary/aromatic N) is 1. The van der Waals surface area contributed by atoms with E-state index in [1.54, 1.807) is 6.07 Å². The Morgan fingerprint density at radius 3 is 2.64 bits per heavy atom. The van der Waals surface area contributed by atoms with Gasteiger partial charge in [0.05, 0.1) is 17.3 Å². The summed E-state index contributed by atoms with van der Waals surface area (Å²) in [5.74, 6) is 0. The fourth-order valence-electron chi connectivity index (χ4n) is 1.20. The zero-order valence-corrected chi connectivity index (χ0v) is 6.97. The Balaban J connectivity index is 2.63. The normalized spacial score (nSPS) is 11.9. The smallest absolute Gasteiger partial charge is 0.246 e. The molecule has 0 aliphatic heterocycles. The predicted molar refractivity (Wildman–Crippen MR) is 45.6 cm³/mol. The first-order chi connectivity index (χ1) is 6.57. The molecular weight excluding hydrogens is 191 g/mol. The Bertz CT molecular complexity index is 462.